The Morgan fingerprint density at radius 3 is 2.87 bits per heavy atom. The molecule has 1 aliphatic rings. The molecule has 0 aromatic heterocycles. The van der Waals surface area contributed by atoms with Crippen molar-refractivity contribution < 1.29 is 14.3 Å². The molecule has 0 radical (unpaired) electrons. The van der Waals surface area contributed by atoms with Gasteiger partial charge in [-0.1, -0.05) is 6.42 Å². The second-order valence-corrected chi connectivity index (χ2v) is 3.77. The summed E-state index contributed by atoms with van der Waals surface area (Å²) in [6.45, 7) is 1.95. The van der Waals surface area contributed by atoms with E-state index in [2.05, 4.69) is 0 Å². The number of nitriles is 1. The number of nitrogens with zero attached hydrogens (tertiary/aromatic N) is 1. The molecule has 15 heavy (non-hydrogen) atoms. The van der Waals surface area contributed by atoms with Crippen LogP contribution < -0.4 is 0 Å². The highest BCUT2D eigenvalue weighted by molar-refractivity contribution is 6.04. The number of Topliss-reactive ketones (excluding diaryl/α,β-unsaturated/α-hetero) is 1. The minimum absolute atomic E-state index is 0.0509. The summed E-state index contributed by atoms with van der Waals surface area (Å²) in [7, 11) is 0. The average Bonchev–Trinajstić information content (AvgIpc) is 2.22. The van der Waals surface area contributed by atoms with Crippen molar-refractivity contribution in [2.24, 2.45) is 5.41 Å². The van der Waals surface area contributed by atoms with Crippen molar-refractivity contribution in [2.75, 3.05) is 6.61 Å². The van der Waals surface area contributed by atoms with Crippen molar-refractivity contribution in [3.8, 4) is 6.07 Å². The lowest BCUT2D eigenvalue weighted by Crippen LogP contribution is -2.42. The van der Waals surface area contributed by atoms with Gasteiger partial charge in [0.25, 0.3) is 0 Å². The molecule has 1 unspecified atom stereocenters. The molecule has 4 heteroatoms. The predicted octanol–water partition coefficient (Wildman–Crippen LogP) is 1.59. The van der Waals surface area contributed by atoms with Gasteiger partial charge in [-0.3, -0.25) is 9.59 Å². The van der Waals surface area contributed by atoms with Gasteiger partial charge in [0.2, 0.25) is 0 Å². The van der Waals surface area contributed by atoms with Gasteiger partial charge in [0.05, 0.1) is 19.1 Å². The maximum Gasteiger partial charge on any atom is 0.320 e. The van der Waals surface area contributed by atoms with Crippen LogP contribution in [0.1, 0.15) is 39.0 Å². The van der Waals surface area contributed by atoms with E-state index in [0.29, 0.717) is 12.8 Å². The smallest absolute Gasteiger partial charge is 0.320 e. The molecule has 1 saturated carbocycles. The molecule has 0 saturated heterocycles. The third kappa shape index (κ3) is 2.17. The maximum atomic E-state index is 11.8. The molecule has 0 heterocycles. The van der Waals surface area contributed by atoms with Gasteiger partial charge in [-0.15, -0.1) is 0 Å². The van der Waals surface area contributed by atoms with Gasteiger partial charge in [0.1, 0.15) is 5.41 Å². The van der Waals surface area contributed by atoms with E-state index in [-0.39, 0.29) is 18.8 Å². The highest BCUT2D eigenvalue weighted by atomic mass is 16.5. The Morgan fingerprint density at radius 1 is 1.60 bits per heavy atom. The first-order chi connectivity index (χ1) is 7.17. The standard InChI is InChI=1S/C11H15NO3/c1-2-15-10(14)11(7-8-12)6-4-3-5-9(11)13/h2-7H2,1H3. The van der Waals surface area contributed by atoms with Gasteiger partial charge in [-0.25, -0.2) is 0 Å². The summed E-state index contributed by atoms with van der Waals surface area (Å²) in [4.78, 5) is 23.5. The molecule has 4 nitrogen and oxygen atoms in total. The Balaban J connectivity index is 2.90. The Morgan fingerprint density at radius 2 is 2.33 bits per heavy atom. The summed E-state index contributed by atoms with van der Waals surface area (Å²) in [6.07, 6.45) is 2.42. The SMILES string of the molecule is CCOC(=O)C1(CC#N)CCCCC1=O. The summed E-state index contributed by atoms with van der Waals surface area (Å²) >= 11 is 0. The zero-order valence-electron chi connectivity index (χ0n) is 8.91. The van der Waals surface area contributed by atoms with E-state index in [1.54, 1.807) is 6.92 Å². The minimum atomic E-state index is -1.16. The number of ketones is 1. The Hall–Kier alpha value is -1.37. The number of esters is 1. The van der Waals surface area contributed by atoms with Crippen LogP contribution in [0.5, 0.6) is 0 Å². The van der Waals surface area contributed by atoms with E-state index in [4.69, 9.17) is 10.00 Å². The molecule has 0 spiro atoms. The maximum absolute atomic E-state index is 11.8. The molecule has 0 aromatic carbocycles. The lowest BCUT2D eigenvalue weighted by molar-refractivity contribution is -0.161. The van der Waals surface area contributed by atoms with Crippen LogP contribution in [0.25, 0.3) is 0 Å². The van der Waals surface area contributed by atoms with Crippen molar-refractivity contribution in [1.29, 1.82) is 5.26 Å². The van der Waals surface area contributed by atoms with E-state index in [1.807, 2.05) is 6.07 Å². The largest absolute Gasteiger partial charge is 0.465 e. The highest BCUT2D eigenvalue weighted by Gasteiger charge is 2.47. The van der Waals surface area contributed by atoms with E-state index < -0.39 is 11.4 Å². The second-order valence-electron chi connectivity index (χ2n) is 3.77. The summed E-state index contributed by atoms with van der Waals surface area (Å²) < 4.78 is 4.90. The Kier molecular flexibility index (Phi) is 3.84. The van der Waals surface area contributed by atoms with Crippen molar-refractivity contribution >= 4 is 11.8 Å². The van der Waals surface area contributed by atoms with Gasteiger partial charge < -0.3 is 4.74 Å². The van der Waals surface area contributed by atoms with E-state index in [1.165, 1.54) is 0 Å². The van der Waals surface area contributed by atoms with Gasteiger partial charge >= 0.3 is 5.97 Å². The summed E-state index contributed by atoms with van der Waals surface area (Å²) in [5.74, 6) is -0.648. The van der Waals surface area contributed by atoms with Crippen LogP contribution in [0.15, 0.2) is 0 Å². The fourth-order valence-electron chi connectivity index (χ4n) is 1.97. The van der Waals surface area contributed by atoms with Gasteiger partial charge in [0.15, 0.2) is 5.78 Å². The monoisotopic (exact) mass is 209 g/mol. The van der Waals surface area contributed by atoms with E-state index in [9.17, 15) is 9.59 Å². The van der Waals surface area contributed by atoms with E-state index in [0.717, 1.165) is 12.8 Å². The van der Waals surface area contributed by atoms with Gasteiger partial charge in [-0.2, -0.15) is 5.26 Å². The predicted molar refractivity (Wildman–Crippen MR) is 52.8 cm³/mol. The zero-order valence-corrected chi connectivity index (χ0v) is 8.91. The van der Waals surface area contributed by atoms with Gasteiger partial charge in [-0.05, 0) is 19.8 Å². The highest BCUT2D eigenvalue weighted by Crippen LogP contribution is 2.37. The zero-order chi connectivity index (χ0) is 11.3. The first-order valence-corrected chi connectivity index (χ1v) is 5.25. The second kappa shape index (κ2) is 4.92. The lowest BCUT2D eigenvalue weighted by atomic mass is 9.71. The number of carbonyl (C=O) groups excluding carboxylic acids is 2. The first kappa shape index (κ1) is 11.7. The van der Waals surface area contributed by atoms with Crippen molar-refractivity contribution in [3.63, 3.8) is 0 Å². The van der Waals surface area contributed by atoms with Crippen LogP contribution in [-0.2, 0) is 14.3 Å². The summed E-state index contributed by atoms with van der Waals surface area (Å²) in [5, 5.41) is 8.71. The fraction of sp³-hybridized carbons (Fsp3) is 0.727. The molecule has 1 rings (SSSR count). The number of carbonyl (C=O) groups is 2. The number of hydrogen-bond acceptors (Lipinski definition) is 4. The lowest BCUT2D eigenvalue weighted by Gasteiger charge is -2.30. The molecule has 0 aromatic rings. The average molecular weight is 209 g/mol. The molecule has 82 valence electrons. The summed E-state index contributed by atoms with van der Waals surface area (Å²) in [6, 6.07) is 1.93. The molecule has 0 amide bonds. The van der Waals surface area contributed by atoms with Crippen LogP contribution in [0.3, 0.4) is 0 Å². The Bertz CT molecular complexity index is 305. The summed E-state index contributed by atoms with van der Waals surface area (Å²) in [5.41, 5.74) is -1.16. The first-order valence-electron chi connectivity index (χ1n) is 5.25. The minimum Gasteiger partial charge on any atom is -0.465 e. The molecule has 1 aliphatic carbocycles. The normalized spacial score (nSPS) is 25.7. The van der Waals surface area contributed by atoms with Crippen LogP contribution in [0.4, 0.5) is 0 Å². The third-order valence-corrected chi connectivity index (χ3v) is 2.84. The molecular formula is C11H15NO3. The Labute approximate surface area is 89.2 Å². The fourth-order valence-corrected chi connectivity index (χ4v) is 1.97. The van der Waals surface area contributed by atoms with E-state index >= 15 is 0 Å². The van der Waals surface area contributed by atoms with Crippen molar-refractivity contribution in [2.45, 2.75) is 39.0 Å². The molecule has 0 bridgehead atoms. The van der Waals surface area contributed by atoms with Crippen molar-refractivity contribution in [1.82, 2.24) is 0 Å². The van der Waals surface area contributed by atoms with Crippen LogP contribution in [-0.4, -0.2) is 18.4 Å². The van der Waals surface area contributed by atoms with Crippen molar-refractivity contribution in [3.05, 3.63) is 0 Å². The van der Waals surface area contributed by atoms with Crippen LogP contribution in [0, 0.1) is 16.7 Å². The number of rotatable bonds is 3. The number of hydrogen-bond donors (Lipinski definition) is 0. The molecule has 0 N–H and O–H groups in total. The molecular weight excluding hydrogens is 194 g/mol. The quantitative estimate of drug-likeness (QED) is 0.523. The van der Waals surface area contributed by atoms with Crippen LogP contribution in [0.2, 0.25) is 0 Å². The topological polar surface area (TPSA) is 67.2 Å². The molecule has 1 fully saturated rings. The van der Waals surface area contributed by atoms with Gasteiger partial charge in [0, 0.05) is 6.42 Å². The molecule has 1 atom stereocenters. The number of ether oxygens (including phenoxy) is 1. The molecule has 0 aliphatic heterocycles. The van der Waals surface area contributed by atoms with Crippen LogP contribution >= 0.6 is 0 Å². The third-order valence-electron chi connectivity index (χ3n) is 2.84.